The van der Waals surface area contributed by atoms with Crippen LogP contribution < -0.4 is 5.32 Å². The molecule has 3 N–H and O–H groups in total. The Kier molecular flexibility index (Phi) is 13.9. The van der Waals surface area contributed by atoms with Crippen LogP contribution in [0, 0.1) is 23.7 Å². The van der Waals surface area contributed by atoms with Gasteiger partial charge in [0.1, 0.15) is 29.9 Å². The van der Waals surface area contributed by atoms with E-state index in [0.29, 0.717) is 43.4 Å². The molecule has 1 saturated carbocycles. The van der Waals surface area contributed by atoms with Gasteiger partial charge in [0.15, 0.2) is 0 Å². The maximum Gasteiger partial charge on any atom is 0.135 e. The predicted octanol–water partition coefficient (Wildman–Crippen LogP) is 6.40. The number of hydrogen-bond acceptors (Lipinski definition) is 8. The van der Waals surface area contributed by atoms with Crippen molar-refractivity contribution in [3.63, 3.8) is 0 Å². The van der Waals surface area contributed by atoms with E-state index in [2.05, 4.69) is 39.2 Å². The summed E-state index contributed by atoms with van der Waals surface area (Å²) in [5.74, 6) is 1.67. The zero-order chi connectivity index (χ0) is 34.4. The number of ether oxygens (including phenoxy) is 3. The molecular formula is C40H65NO7. The minimum absolute atomic E-state index is 0.0104. The van der Waals surface area contributed by atoms with Crippen LogP contribution in [-0.2, 0) is 23.8 Å². The molecule has 5 fully saturated rings. The molecule has 12 atom stereocenters. The van der Waals surface area contributed by atoms with Gasteiger partial charge in [-0.2, -0.15) is 0 Å². The highest BCUT2D eigenvalue weighted by molar-refractivity contribution is 5.79. The van der Waals surface area contributed by atoms with Crippen molar-refractivity contribution in [2.45, 2.75) is 185 Å². The van der Waals surface area contributed by atoms with Gasteiger partial charge in [0, 0.05) is 37.6 Å². The van der Waals surface area contributed by atoms with Crippen molar-refractivity contribution in [3.8, 4) is 0 Å². The van der Waals surface area contributed by atoms with Crippen LogP contribution in [0.3, 0.4) is 0 Å². The van der Waals surface area contributed by atoms with Crippen LogP contribution >= 0.6 is 0 Å². The van der Waals surface area contributed by atoms with Gasteiger partial charge in [-0.25, -0.2) is 0 Å². The Morgan fingerprint density at radius 1 is 0.896 bits per heavy atom. The molecule has 0 amide bonds. The number of nitrogens with one attached hydrogen (secondary N) is 1. The Bertz CT molecular complexity index is 1100. The van der Waals surface area contributed by atoms with E-state index >= 15 is 0 Å². The number of aliphatic hydroxyl groups excluding tert-OH is 2. The number of ketones is 2. The smallest absolute Gasteiger partial charge is 0.135 e. The molecule has 1 aliphatic carbocycles. The normalized spacial score (nSPS) is 38.0. The fourth-order valence-electron chi connectivity index (χ4n) is 9.27. The quantitative estimate of drug-likeness (QED) is 0.152. The number of carbonyl (C=O) groups excluding carboxylic acids is 2. The lowest BCUT2D eigenvalue weighted by atomic mass is 9.80. The van der Waals surface area contributed by atoms with Gasteiger partial charge in [-0.3, -0.25) is 9.59 Å². The molecule has 5 rings (SSSR count). The SMILES string of the molecule is C=C1CCC(CC[C@@H]2OC(CCC(=O)CC3OC4C(O)[C@@H](CCC)C(CCC(C)CC(=O)CC5CCN[C@H]5C)O[C@H]4C3O)CC2=C)CC1. The van der Waals surface area contributed by atoms with E-state index in [1.807, 2.05) is 0 Å². The maximum atomic E-state index is 13.1. The first-order chi connectivity index (χ1) is 23.0. The number of hydrogen-bond donors (Lipinski definition) is 3. The van der Waals surface area contributed by atoms with E-state index in [1.54, 1.807) is 0 Å². The van der Waals surface area contributed by atoms with Gasteiger partial charge in [-0.05, 0) is 114 Å². The molecule has 0 radical (unpaired) electrons. The first-order valence-corrected chi connectivity index (χ1v) is 19.5. The van der Waals surface area contributed by atoms with Gasteiger partial charge >= 0.3 is 0 Å². The average Bonchev–Trinajstić information content (AvgIpc) is 3.72. The van der Waals surface area contributed by atoms with Crippen molar-refractivity contribution >= 4 is 11.6 Å². The summed E-state index contributed by atoms with van der Waals surface area (Å²) >= 11 is 0. The van der Waals surface area contributed by atoms with Gasteiger partial charge < -0.3 is 29.7 Å². The molecule has 0 aromatic rings. The second kappa shape index (κ2) is 17.7. The van der Waals surface area contributed by atoms with Crippen LogP contribution in [0.15, 0.2) is 24.3 Å². The van der Waals surface area contributed by atoms with Crippen LogP contribution in [0.1, 0.15) is 130 Å². The number of fused-ring (bicyclic) bond motifs is 1. The van der Waals surface area contributed by atoms with Gasteiger partial charge in [0.2, 0.25) is 0 Å². The lowest BCUT2D eigenvalue weighted by Gasteiger charge is -2.42. The van der Waals surface area contributed by atoms with E-state index in [0.717, 1.165) is 82.2 Å². The zero-order valence-corrected chi connectivity index (χ0v) is 30.1. The van der Waals surface area contributed by atoms with Crippen molar-refractivity contribution < 1.29 is 34.0 Å². The number of Topliss-reactive ketones (excluding diaryl/α,β-unsaturated/α-hetero) is 2. The number of aliphatic hydroxyl groups is 2. The molecule has 8 nitrogen and oxygen atoms in total. The Balaban J connectivity index is 1.05. The highest BCUT2D eigenvalue weighted by atomic mass is 16.6. The Morgan fingerprint density at radius 2 is 1.62 bits per heavy atom. The Hall–Kier alpha value is -1.42. The van der Waals surface area contributed by atoms with Gasteiger partial charge in [0.05, 0.1) is 30.5 Å². The van der Waals surface area contributed by atoms with Crippen LogP contribution in [0.4, 0.5) is 0 Å². The second-order valence-corrected chi connectivity index (χ2v) is 16.3. The largest absolute Gasteiger partial charge is 0.390 e. The first kappa shape index (κ1) is 37.8. The van der Waals surface area contributed by atoms with Crippen LogP contribution in [-0.4, -0.2) is 83.2 Å². The monoisotopic (exact) mass is 671 g/mol. The van der Waals surface area contributed by atoms with E-state index in [4.69, 9.17) is 14.2 Å². The van der Waals surface area contributed by atoms with Crippen molar-refractivity contribution in [2.24, 2.45) is 23.7 Å². The summed E-state index contributed by atoms with van der Waals surface area (Å²) in [7, 11) is 0. The van der Waals surface area contributed by atoms with Crippen LogP contribution in [0.25, 0.3) is 0 Å². The average molecular weight is 672 g/mol. The molecular weight excluding hydrogens is 606 g/mol. The fourth-order valence-corrected chi connectivity index (χ4v) is 9.27. The van der Waals surface area contributed by atoms with Gasteiger partial charge in [0.25, 0.3) is 0 Å². The number of allylic oxidation sites excluding steroid dienone is 1. The second-order valence-electron chi connectivity index (χ2n) is 16.3. The zero-order valence-electron chi connectivity index (χ0n) is 30.1. The third kappa shape index (κ3) is 9.88. The van der Waals surface area contributed by atoms with E-state index in [1.165, 1.54) is 18.4 Å². The molecule has 272 valence electrons. The van der Waals surface area contributed by atoms with Crippen molar-refractivity contribution in [1.29, 1.82) is 0 Å². The lowest BCUT2D eigenvalue weighted by molar-refractivity contribution is -0.198. The third-order valence-corrected chi connectivity index (χ3v) is 12.4. The summed E-state index contributed by atoms with van der Waals surface area (Å²) in [5, 5.41) is 26.1. The van der Waals surface area contributed by atoms with E-state index in [9.17, 15) is 19.8 Å². The standard InChI is InChI=1S/C40H65NO7/c1-6-7-33-35(16-10-25(3)20-31(43)22-29-18-19-41-27(29)5)47-40-38(45)36(48-39(40)37(33)44)23-30(42)14-15-32-21-26(4)34(46-32)17-13-28-11-8-24(2)9-12-28/h25,27-29,32-41,44-45H,2,4,6-23H2,1,3,5H3/t25?,27-,29?,32?,33-,34-,35?,36?,37?,38?,39?,40-/m0/s1. The minimum Gasteiger partial charge on any atom is -0.390 e. The maximum absolute atomic E-state index is 13.1. The summed E-state index contributed by atoms with van der Waals surface area (Å²) in [6.07, 6.45) is 10.5. The van der Waals surface area contributed by atoms with Crippen LogP contribution in [0.2, 0.25) is 0 Å². The molecule has 0 aromatic heterocycles. The molecule has 5 aliphatic rings. The first-order valence-electron chi connectivity index (χ1n) is 19.5. The minimum atomic E-state index is -0.969. The van der Waals surface area contributed by atoms with Gasteiger partial charge in [-0.15, -0.1) is 0 Å². The Morgan fingerprint density at radius 3 is 2.33 bits per heavy atom. The summed E-state index contributed by atoms with van der Waals surface area (Å²) in [4.78, 5) is 25.9. The summed E-state index contributed by atoms with van der Waals surface area (Å²) in [5.41, 5.74) is 2.53. The van der Waals surface area contributed by atoms with Crippen LogP contribution in [0.5, 0.6) is 0 Å². The van der Waals surface area contributed by atoms with Crippen molar-refractivity contribution in [2.75, 3.05) is 6.54 Å². The molecule has 8 unspecified atom stereocenters. The molecule has 4 saturated heterocycles. The highest BCUT2D eigenvalue weighted by Crippen LogP contribution is 2.41. The summed E-state index contributed by atoms with van der Waals surface area (Å²) in [6, 6.07) is 0.403. The summed E-state index contributed by atoms with van der Waals surface area (Å²) < 4.78 is 19.0. The van der Waals surface area contributed by atoms with E-state index < -0.39 is 30.5 Å². The number of rotatable bonds is 17. The molecule has 0 spiro atoms. The van der Waals surface area contributed by atoms with Gasteiger partial charge in [-0.1, -0.05) is 39.0 Å². The molecule has 4 aliphatic heterocycles. The Labute approximate surface area is 289 Å². The van der Waals surface area contributed by atoms with Crippen molar-refractivity contribution in [3.05, 3.63) is 24.3 Å². The molecule has 0 bridgehead atoms. The van der Waals surface area contributed by atoms with E-state index in [-0.39, 0.29) is 42.4 Å². The third-order valence-electron chi connectivity index (χ3n) is 12.4. The molecule has 8 heteroatoms. The highest BCUT2D eigenvalue weighted by Gasteiger charge is 2.55. The van der Waals surface area contributed by atoms with Crippen molar-refractivity contribution in [1.82, 2.24) is 5.32 Å². The molecule has 0 aromatic carbocycles. The summed E-state index contributed by atoms with van der Waals surface area (Å²) in [6.45, 7) is 15.8. The molecule has 4 heterocycles. The molecule has 48 heavy (non-hydrogen) atoms. The lowest BCUT2D eigenvalue weighted by Crippen LogP contribution is -2.55. The topological polar surface area (TPSA) is 114 Å². The fraction of sp³-hybridized carbons (Fsp3) is 0.850. The number of carbonyl (C=O) groups is 2. The predicted molar refractivity (Wildman–Crippen MR) is 188 cm³/mol.